The molecule has 1 aliphatic carbocycles. The number of nitrogens with zero attached hydrogens (tertiary/aromatic N) is 2. The average Bonchev–Trinajstić information content (AvgIpc) is 3.54. The van der Waals surface area contributed by atoms with Gasteiger partial charge in [0.05, 0.1) is 11.3 Å². The monoisotopic (exact) mass is 610 g/mol. The van der Waals surface area contributed by atoms with E-state index in [2.05, 4.69) is 30.9 Å². The third-order valence-electron chi connectivity index (χ3n) is 7.64. The predicted octanol–water partition coefficient (Wildman–Crippen LogP) is 7.82. The Morgan fingerprint density at radius 3 is 2.47 bits per heavy atom. The van der Waals surface area contributed by atoms with Crippen LogP contribution in [0, 0.1) is 5.92 Å². The minimum Gasteiger partial charge on any atom is -0.367 e. The Kier molecular flexibility index (Phi) is 9.86. The minimum absolute atomic E-state index is 0.116. The van der Waals surface area contributed by atoms with Crippen LogP contribution in [0.15, 0.2) is 73.1 Å². The lowest BCUT2D eigenvalue weighted by Crippen LogP contribution is -2.41. The Balaban J connectivity index is 1.34. The summed E-state index contributed by atoms with van der Waals surface area (Å²) >= 11 is 6.15. The van der Waals surface area contributed by atoms with Crippen molar-refractivity contribution in [1.29, 1.82) is 0 Å². The van der Waals surface area contributed by atoms with Gasteiger partial charge in [-0.15, -0.1) is 0 Å². The molecule has 0 spiro atoms. The normalized spacial score (nSPS) is 14.7. The number of alkyl halides is 3. The molecule has 1 unspecified atom stereocenters. The lowest BCUT2D eigenvalue weighted by Gasteiger charge is -2.27. The molecule has 11 heteroatoms. The Morgan fingerprint density at radius 1 is 0.977 bits per heavy atom. The van der Waals surface area contributed by atoms with E-state index in [0.29, 0.717) is 46.9 Å². The molecule has 1 atom stereocenters. The van der Waals surface area contributed by atoms with Gasteiger partial charge >= 0.3 is 6.18 Å². The van der Waals surface area contributed by atoms with Gasteiger partial charge in [0.1, 0.15) is 11.9 Å². The van der Waals surface area contributed by atoms with Crippen molar-refractivity contribution in [2.75, 3.05) is 10.6 Å². The van der Waals surface area contributed by atoms with E-state index >= 15 is 0 Å². The summed E-state index contributed by atoms with van der Waals surface area (Å²) in [4.78, 5) is 25.9. The number of benzene rings is 2. The summed E-state index contributed by atoms with van der Waals surface area (Å²) in [5, 5.41) is 10.2. The molecule has 226 valence electrons. The van der Waals surface area contributed by atoms with Crippen LogP contribution in [0.5, 0.6) is 0 Å². The zero-order valence-corrected chi connectivity index (χ0v) is 24.3. The fraction of sp³-hybridized carbons (Fsp3) is 0.344. The van der Waals surface area contributed by atoms with Crippen LogP contribution in [0.2, 0.25) is 5.02 Å². The van der Waals surface area contributed by atoms with Crippen LogP contribution in [0.4, 0.5) is 24.9 Å². The second-order valence-corrected chi connectivity index (χ2v) is 11.3. The Hall–Kier alpha value is -4.05. The fourth-order valence-corrected chi connectivity index (χ4v) is 5.56. The number of rotatable bonds is 11. The molecule has 2 heterocycles. The summed E-state index contributed by atoms with van der Waals surface area (Å²) in [5.74, 6) is 1.03. The standard InChI is InChI=1S/C32H34ClF3N6O/c33-26-8-4-7-23(15-26)19-39-31-41-27(24-13-14-37-20-24)17-29(42-31)40-28(16-21-5-2-1-3-6-21)30(43)38-18-22-9-11-25(12-10-22)32(34,35)36/h4,7-15,17,20-21,28,37H,1-3,5-6,16,18-19H2,(H,38,43)(H2,39,40,41,42). The highest BCUT2D eigenvalue weighted by molar-refractivity contribution is 6.30. The van der Waals surface area contributed by atoms with Crippen LogP contribution in [-0.4, -0.2) is 26.9 Å². The van der Waals surface area contributed by atoms with Crippen LogP contribution in [0.25, 0.3) is 11.3 Å². The first-order chi connectivity index (χ1) is 20.7. The van der Waals surface area contributed by atoms with E-state index < -0.39 is 17.8 Å². The van der Waals surface area contributed by atoms with Crippen molar-refractivity contribution in [1.82, 2.24) is 20.3 Å². The first-order valence-electron chi connectivity index (χ1n) is 14.4. The summed E-state index contributed by atoms with van der Waals surface area (Å²) in [7, 11) is 0. The van der Waals surface area contributed by atoms with Crippen LogP contribution < -0.4 is 16.0 Å². The maximum atomic E-state index is 13.5. The fourth-order valence-electron chi connectivity index (χ4n) is 5.35. The van der Waals surface area contributed by atoms with Crippen molar-refractivity contribution < 1.29 is 18.0 Å². The molecule has 5 rings (SSSR count). The molecule has 0 saturated heterocycles. The lowest BCUT2D eigenvalue weighted by atomic mass is 9.84. The van der Waals surface area contributed by atoms with Crippen molar-refractivity contribution in [3.05, 3.63) is 94.8 Å². The number of anilines is 2. The maximum Gasteiger partial charge on any atom is 0.416 e. The SMILES string of the molecule is O=C(NCc1ccc(C(F)(F)F)cc1)C(CC1CCCCC1)Nc1cc(-c2cc[nH]c2)nc(NCc2cccc(Cl)c2)n1. The van der Waals surface area contributed by atoms with Gasteiger partial charge in [0.15, 0.2) is 0 Å². The van der Waals surface area contributed by atoms with E-state index in [0.717, 1.165) is 48.9 Å². The maximum absolute atomic E-state index is 13.5. The predicted molar refractivity (Wildman–Crippen MR) is 162 cm³/mol. The van der Waals surface area contributed by atoms with Crippen molar-refractivity contribution in [2.45, 2.75) is 63.8 Å². The highest BCUT2D eigenvalue weighted by Gasteiger charge is 2.30. The van der Waals surface area contributed by atoms with Crippen LogP contribution in [-0.2, 0) is 24.1 Å². The molecule has 1 aliphatic rings. The van der Waals surface area contributed by atoms with Crippen molar-refractivity contribution in [2.24, 2.45) is 5.92 Å². The zero-order valence-electron chi connectivity index (χ0n) is 23.6. The molecular formula is C32H34ClF3N6O. The summed E-state index contributed by atoms with van der Waals surface area (Å²) in [6.45, 7) is 0.570. The number of hydrogen-bond acceptors (Lipinski definition) is 5. The number of halogens is 4. The van der Waals surface area contributed by atoms with Gasteiger partial charge in [-0.25, -0.2) is 4.98 Å². The molecule has 0 radical (unpaired) electrons. The smallest absolute Gasteiger partial charge is 0.367 e. The second-order valence-electron chi connectivity index (χ2n) is 10.9. The second kappa shape index (κ2) is 13.9. The highest BCUT2D eigenvalue weighted by Crippen LogP contribution is 2.30. The number of aromatic nitrogens is 3. The Morgan fingerprint density at radius 2 is 1.77 bits per heavy atom. The molecule has 1 fully saturated rings. The number of hydrogen-bond donors (Lipinski definition) is 4. The number of carbonyl (C=O) groups excluding carboxylic acids is 1. The van der Waals surface area contributed by atoms with Crippen LogP contribution in [0.3, 0.4) is 0 Å². The Bertz CT molecular complexity index is 1490. The van der Waals surface area contributed by atoms with E-state index in [1.165, 1.54) is 18.6 Å². The molecule has 7 nitrogen and oxygen atoms in total. The molecule has 1 amide bonds. The van der Waals surface area contributed by atoms with Crippen molar-refractivity contribution >= 4 is 29.3 Å². The number of aromatic amines is 1. The summed E-state index contributed by atoms with van der Waals surface area (Å²) in [6, 6.07) is 15.5. The topological polar surface area (TPSA) is 94.7 Å². The molecule has 0 aliphatic heterocycles. The molecule has 4 aromatic rings. The molecule has 43 heavy (non-hydrogen) atoms. The first kappa shape index (κ1) is 30.4. The zero-order chi connectivity index (χ0) is 30.2. The molecule has 2 aromatic carbocycles. The molecule has 1 saturated carbocycles. The van der Waals surface area contributed by atoms with Crippen molar-refractivity contribution in [3.8, 4) is 11.3 Å². The van der Waals surface area contributed by atoms with Gasteiger partial charge in [0.25, 0.3) is 0 Å². The molecule has 0 bridgehead atoms. The number of H-pyrrole nitrogens is 1. The van der Waals surface area contributed by atoms with Gasteiger partial charge in [-0.2, -0.15) is 18.2 Å². The van der Waals surface area contributed by atoms with E-state index in [-0.39, 0.29) is 12.5 Å². The van der Waals surface area contributed by atoms with E-state index in [1.54, 1.807) is 0 Å². The Labute approximate surface area is 253 Å². The van der Waals surface area contributed by atoms with Gasteiger partial charge in [-0.1, -0.05) is 68.0 Å². The average molecular weight is 611 g/mol. The molecular weight excluding hydrogens is 577 g/mol. The van der Waals surface area contributed by atoms with Crippen molar-refractivity contribution in [3.63, 3.8) is 0 Å². The summed E-state index contributed by atoms with van der Waals surface area (Å²) in [5.41, 5.74) is 2.37. The van der Waals surface area contributed by atoms with Crippen LogP contribution in [0.1, 0.15) is 55.2 Å². The van der Waals surface area contributed by atoms with Gasteiger partial charge in [0, 0.05) is 42.1 Å². The van der Waals surface area contributed by atoms with Gasteiger partial charge in [-0.3, -0.25) is 4.79 Å². The van der Waals surface area contributed by atoms with Crippen LogP contribution >= 0.6 is 11.6 Å². The number of amides is 1. The molecule has 2 aromatic heterocycles. The summed E-state index contributed by atoms with van der Waals surface area (Å²) < 4.78 is 38.9. The highest BCUT2D eigenvalue weighted by atomic mass is 35.5. The lowest BCUT2D eigenvalue weighted by molar-refractivity contribution is -0.137. The molecule has 4 N–H and O–H groups in total. The summed E-state index contributed by atoms with van der Waals surface area (Å²) in [6.07, 6.45) is 5.42. The van der Waals surface area contributed by atoms with E-state index in [4.69, 9.17) is 11.6 Å². The third kappa shape index (κ3) is 8.73. The van der Waals surface area contributed by atoms with E-state index in [1.807, 2.05) is 48.8 Å². The van der Waals surface area contributed by atoms with Gasteiger partial charge < -0.3 is 20.9 Å². The minimum atomic E-state index is -4.41. The third-order valence-corrected chi connectivity index (χ3v) is 7.88. The quantitative estimate of drug-likeness (QED) is 0.139. The van der Waals surface area contributed by atoms with E-state index in [9.17, 15) is 18.0 Å². The number of nitrogens with one attached hydrogen (secondary N) is 4. The first-order valence-corrected chi connectivity index (χ1v) is 14.8. The van der Waals surface area contributed by atoms with Gasteiger partial charge in [-0.05, 0) is 53.8 Å². The van der Waals surface area contributed by atoms with Gasteiger partial charge in [0.2, 0.25) is 11.9 Å². The number of carbonyl (C=O) groups is 1. The largest absolute Gasteiger partial charge is 0.416 e.